The maximum absolute atomic E-state index is 14.2. The van der Waals surface area contributed by atoms with Gasteiger partial charge in [0.2, 0.25) is 10.0 Å². The van der Waals surface area contributed by atoms with Gasteiger partial charge in [-0.2, -0.15) is 4.31 Å². The van der Waals surface area contributed by atoms with Crippen LogP contribution in [0.5, 0.6) is 0 Å². The molecule has 4 aromatic rings. The molecule has 1 aliphatic carbocycles. The van der Waals surface area contributed by atoms with Crippen LogP contribution in [-0.2, 0) is 10.0 Å². The number of hydrogen-bond acceptors (Lipinski definition) is 3. The molecule has 1 heterocycles. The minimum atomic E-state index is -3.75. The highest BCUT2D eigenvalue weighted by atomic mass is 32.2. The molecule has 5 atom stereocenters. The molecule has 1 saturated heterocycles. The molecule has 0 spiro atoms. The van der Waals surface area contributed by atoms with E-state index in [1.165, 1.54) is 0 Å². The van der Waals surface area contributed by atoms with E-state index in [4.69, 9.17) is 0 Å². The zero-order valence-corrected chi connectivity index (χ0v) is 21.9. The van der Waals surface area contributed by atoms with E-state index in [0.717, 1.165) is 33.4 Å². The standard InChI is InChI=1S/C32H29NO3S/c1-20-8-14-23(15-9-20)28-29(32(34)24-16-10-21(2)11-17-24)26-6-4-5-7-27(26)30-31(28)33(30)37(35,36)25-18-12-22(3)13-19-25/h4-19,28-31H,1-3H3/t28-,29+,30-,31+,33?/m0/s1. The largest absolute Gasteiger partial charge is 0.293 e. The number of rotatable bonds is 5. The molecule has 0 amide bonds. The average molecular weight is 508 g/mol. The van der Waals surface area contributed by atoms with Gasteiger partial charge in [0.1, 0.15) is 0 Å². The van der Waals surface area contributed by atoms with Crippen LogP contribution in [0.2, 0.25) is 0 Å². The summed E-state index contributed by atoms with van der Waals surface area (Å²) in [7, 11) is -3.75. The minimum Gasteiger partial charge on any atom is -0.293 e. The first kappa shape index (κ1) is 23.8. The van der Waals surface area contributed by atoms with Gasteiger partial charge in [-0.15, -0.1) is 0 Å². The lowest BCUT2D eigenvalue weighted by molar-refractivity contribution is 0.0941. The molecule has 6 rings (SSSR count). The summed E-state index contributed by atoms with van der Waals surface area (Å²) in [5.41, 5.74) is 6.70. The molecule has 0 radical (unpaired) electrons. The first-order valence-electron chi connectivity index (χ1n) is 12.6. The van der Waals surface area contributed by atoms with Crippen LogP contribution in [0.3, 0.4) is 0 Å². The van der Waals surface area contributed by atoms with E-state index in [1.807, 2.05) is 93.6 Å². The van der Waals surface area contributed by atoms with Gasteiger partial charge < -0.3 is 0 Å². The van der Waals surface area contributed by atoms with Crippen molar-refractivity contribution >= 4 is 15.8 Å². The van der Waals surface area contributed by atoms with Gasteiger partial charge in [0, 0.05) is 11.5 Å². The zero-order valence-electron chi connectivity index (χ0n) is 21.1. The molecule has 1 unspecified atom stereocenters. The van der Waals surface area contributed by atoms with Crippen molar-refractivity contribution < 1.29 is 13.2 Å². The number of carbonyl (C=O) groups is 1. The minimum absolute atomic E-state index is 0.0241. The molecule has 4 aromatic carbocycles. The Kier molecular flexibility index (Phi) is 5.66. The number of carbonyl (C=O) groups excluding carboxylic acids is 1. The van der Waals surface area contributed by atoms with E-state index < -0.39 is 15.9 Å². The summed E-state index contributed by atoms with van der Waals surface area (Å²) >= 11 is 0. The van der Waals surface area contributed by atoms with E-state index in [2.05, 4.69) is 12.1 Å². The van der Waals surface area contributed by atoms with Crippen molar-refractivity contribution in [1.82, 2.24) is 4.31 Å². The molecule has 0 aromatic heterocycles. The number of benzene rings is 4. The molecule has 37 heavy (non-hydrogen) atoms. The predicted octanol–water partition coefficient (Wildman–Crippen LogP) is 6.49. The predicted molar refractivity (Wildman–Crippen MR) is 145 cm³/mol. The van der Waals surface area contributed by atoms with Crippen LogP contribution >= 0.6 is 0 Å². The molecular weight excluding hydrogens is 478 g/mol. The highest BCUT2D eigenvalue weighted by molar-refractivity contribution is 7.89. The van der Waals surface area contributed by atoms with Crippen LogP contribution in [-0.4, -0.2) is 24.5 Å². The maximum Gasteiger partial charge on any atom is 0.244 e. The van der Waals surface area contributed by atoms with E-state index in [0.29, 0.717) is 5.56 Å². The van der Waals surface area contributed by atoms with Crippen LogP contribution in [0.15, 0.2) is 102 Å². The van der Waals surface area contributed by atoms with Crippen molar-refractivity contribution in [1.29, 1.82) is 0 Å². The fourth-order valence-electron chi connectivity index (χ4n) is 5.88. The number of nitrogens with zero attached hydrogens (tertiary/aromatic N) is 1. The second-order valence-corrected chi connectivity index (χ2v) is 12.2. The lowest BCUT2D eigenvalue weighted by Crippen LogP contribution is -2.30. The van der Waals surface area contributed by atoms with Gasteiger partial charge in [0.15, 0.2) is 5.78 Å². The van der Waals surface area contributed by atoms with Gasteiger partial charge in [-0.1, -0.05) is 102 Å². The second-order valence-electron chi connectivity index (χ2n) is 10.4. The second kappa shape index (κ2) is 8.79. The number of sulfonamides is 1. The Morgan fingerprint density at radius 3 is 1.78 bits per heavy atom. The molecule has 5 heteroatoms. The smallest absolute Gasteiger partial charge is 0.244 e. The van der Waals surface area contributed by atoms with Gasteiger partial charge >= 0.3 is 0 Å². The van der Waals surface area contributed by atoms with Crippen LogP contribution in [0.4, 0.5) is 0 Å². The summed E-state index contributed by atoms with van der Waals surface area (Å²) in [5.74, 6) is -0.758. The molecule has 0 saturated carbocycles. The SMILES string of the molecule is Cc1ccc(C(=O)[C@@H]2c3ccccc3[C@H]3[C@@H]([C@H]2c2ccc(C)cc2)N3S(=O)(=O)c2ccc(C)cc2)cc1. The highest BCUT2D eigenvalue weighted by Crippen LogP contribution is 2.62. The van der Waals surface area contributed by atoms with Crippen molar-refractivity contribution in [3.63, 3.8) is 0 Å². The molecule has 4 nitrogen and oxygen atoms in total. The third kappa shape index (κ3) is 3.94. The topological polar surface area (TPSA) is 54.2 Å². The molecular formula is C32H29NO3S. The average Bonchev–Trinajstić information content (AvgIpc) is 3.66. The first-order valence-corrected chi connectivity index (χ1v) is 14.1. The monoisotopic (exact) mass is 507 g/mol. The normalized spacial score (nSPS) is 24.1. The van der Waals surface area contributed by atoms with Crippen LogP contribution in [0.25, 0.3) is 0 Å². The Morgan fingerprint density at radius 2 is 1.19 bits per heavy atom. The molecule has 1 fully saturated rings. The first-order chi connectivity index (χ1) is 17.8. The molecule has 0 N–H and O–H groups in total. The fourth-order valence-corrected chi connectivity index (χ4v) is 7.65. The summed E-state index contributed by atoms with van der Waals surface area (Å²) in [6.45, 7) is 5.98. The molecule has 1 aliphatic heterocycles. The highest BCUT2D eigenvalue weighted by Gasteiger charge is 2.65. The van der Waals surface area contributed by atoms with E-state index in [9.17, 15) is 13.2 Å². The summed E-state index contributed by atoms with van der Waals surface area (Å²) in [4.78, 5) is 14.5. The zero-order chi connectivity index (χ0) is 25.9. The number of Topliss-reactive ketones (excluding diaryl/α,β-unsaturated/α-hetero) is 1. The Balaban J connectivity index is 1.52. The third-order valence-corrected chi connectivity index (χ3v) is 9.75. The summed E-state index contributed by atoms with van der Waals surface area (Å²) < 4.78 is 29.5. The van der Waals surface area contributed by atoms with Crippen molar-refractivity contribution in [2.24, 2.45) is 0 Å². The number of aryl methyl sites for hydroxylation is 3. The van der Waals surface area contributed by atoms with Gasteiger partial charge in [0.05, 0.1) is 22.9 Å². The lowest BCUT2D eigenvalue weighted by atomic mass is 9.69. The maximum atomic E-state index is 14.2. The van der Waals surface area contributed by atoms with Gasteiger partial charge in [-0.25, -0.2) is 8.42 Å². The van der Waals surface area contributed by atoms with Crippen molar-refractivity contribution in [2.75, 3.05) is 0 Å². The van der Waals surface area contributed by atoms with Crippen molar-refractivity contribution in [3.8, 4) is 0 Å². The van der Waals surface area contributed by atoms with Gasteiger partial charge in [0.25, 0.3) is 0 Å². The van der Waals surface area contributed by atoms with E-state index in [1.54, 1.807) is 16.4 Å². The van der Waals surface area contributed by atoms with Gasteiger partial charge in [-0.05, 0) is 49.6 Å². The van der Waals surface area contributed by atoms with Crippen LogP contribution in [0.1, 0.15) is 61.6 Å². The quantitative estimate of drug-likeness (QED) is 0.229. The summed E-state index contributed by atoms with van der Waals surface area (Å²) in [6.07, 6.45) is 0. The van der Waals surface area contributed by atoms with Crippen molar-refractivity contribution in [3.05, 3.63) is 136 Å². The summed E-state index contributed by atoms with van der Waals surface area (Å²) in [5, 5.41) is 0. The molecule has 2 aliphatic rings. The van der Waals surface area contributed by atoms with Crippen molar-refractivity contribution in [2.45, 2.75) is 49.6 Å². The van der Waals surface area contributed by atoms with Crippen LogP contribution in [0, 0.1) is 20.8 Å². The van der Waals surface area contributed by atoms with Crippen LogP contribution < -0.4 is 0 Å². The Hall–Kier alpha value is -3.54. The number of ketones is 1. The Morgan fingerprint density at radius 1 is 0.676 bits per heavy atom. The lowest BCUT2D eigenvalue weighted by Gasteiger charge is -2.32. The number of fused-ring (bicyclic) bond motifs is 3. The Bertz CT molecular complexity index is 1590. The molecule has 186 valence electrons. The third-order valence-electron chi connectivity index (χ3n) is 7.86. The summed E-state index contributed by atoms with van der Waals surface area (Å²) in [6, 6.07) is 30.1. The molecule has 0 bridgehead atoms. The fraction of sp³-hybridized carbons (Fsp3) is 0.219. The van der Waals surface area contributed by atoms with Gasteiger partial charge in [-0.3, -0.25) is 4.79 Å². The Labute approximate surface area is 218 Å². The number of hydrogen-bond donors (Lipinski definition) is 0. The van der Waals surface area contributed by atoms with E-state index >= 15 is 0 Å². The van der Waals surface area contributed by atoms with E-state index in [-0.39, 0.29) is 28.7 Å².